The van der Waals surface area contributed by atoms with E-state index in [9.17, 15) is 24.3 Å². The molecule has 4 N–H and O–H groups in total. The lowest BCUT2D eigenvalue weighted by atomic mass is 9.93. The number of pyridine rings is 2. The highest BCUT2D eigenvalue weighted by molar-refractivity contribution is 6.01. The summed E-state index contributed by atoms with van der Waals surface area (Å²) in [6, 6.07) is 51.9. The molecule has 12 nitrogen and oxygen atoms in total. The Morgan fingerprint density at radius 2 is 1.03 bits per heavy atom. The number of carboxylic acids is 1. The van der Waals surface area contributed by atoms with Gasteiger partial charge in [0.2, 0.25) is 0 Å². The van der Waals surface area contributed by atoms with Crippen LogP contribution in [0.1, 0.15) is 94.9 Å². The van der Waals surface area contributed by atoms with Gasteiger partial charge >= 0.3 is 5.97 Å². The number of carbonyl (C=O) groups is 4. The number of nitrogens with two attached hydrogens (primary N) is 1. The molecule has 1 saturated heterocycles. The summed E-state index contributed by atoms with van der Waals surface area (Å²) in [5.74, 6) is -0.0657. The number of imide groups is 1. The highest BCUT2D eigenvalue weighted by Crippen LogP contribution is 2.35. The van der Waals surface area contributed by atoms with E-state index in [2.05, 4.69) is 54.1 Å². The second-order valence-corrected chi connectivity index (χ2v) is 17.4. The molecular formula is C62H68N4O8. The molecule has 2 aromatic heterocycles. The highest BCUT2D eigenvalue weighted by Gasteiger charge is 2.27. The molecule has 0 spiro atoms. The van der Waals surface area contributed by atoms with Gasteiger partial charge in [-0.3, -0.25) is 34.4 Å². The Bertz CT molecular complexity index is 3040. The lowest BCUT2D eigenvalue weighted by Crippen LogP contribution is -2.24. The molecule has 1 aliphatic heterocycles. The largest absolute Gasteiger partial charge is 0.489 e. The number of fused-ring (bicyclic) bond motifs is 2. The molecule has 0 bridgehead atoms. The van der Waals surface area contributed by atoms with Crippen LogP contribution < -0.4 is 15.2 Å². The Morgan fingerprint density at radius 3 is 1.43 bits per heavy atom. The lowest BCUT2D eigenvalue weighted by Gasteiger charge is -2.14. The van der Waals surface area contributed by atoms with E-state index in [0.29, 0.717) is 31.6 Å². The van der Waals surface area contributed by atoms with Gasteiger partial charge in [0.25, 0.3) is 11.8 Å². The van der Waals surface area contributed by atoms with Gasteiger partial charge in [0.15, 0.2) is 0 Å². The first kappa shape index (κ1) is 56.8. The number of unbranched alkanes of at least 4 members (excludes halogenated alkanes) is 3. The number of aromatic nitrogens is 2. The average molecular weight is 997 g/mol. The third-order valence-corrected chi connectivity index (χ3v) is 11.8. The number of ketones is 1. The number of rotatable bonds is 18. The molecule has 1 fully saturated rings. The van der Waals surface area contributed by atoms with Crippen LogP contribution in [0.5, 0.6) is 11.5 Å². The maximum absolute atomic E-state index is 12.7. The van der Waals surface area contributed by atoms with Crippen LogP contribution in [0, 0.1) is 0 Å². The van der Waals surface area contributed by atoms with Crippen molar-refractivity contribution in [3.8, 4) is 33.8 Å². The summed E-state index contributed by atoms with van der Waals surface area (Å²) in [5.41, 5.74) is 14.7. The van der Waals surface area contributed by atoms with Crippen LogP contribution in [0.25, 0.3) is 44.1 Å². The summed E-state index contributed by atoms with van der Waals surface area (Å²) in [6.07, 6.45) is 10.3. The number of hydrogen-bond acceptors (Lipinski definition) is 10. The summed E-state index contributed by atoms with van der Waals surface area (Å²) >= 11 is 0. The molecule has 384 valence electrons. The third-order valence-electron chi connectivity index (χ3n) is 11.8. The van der Waals surface area contributed by atoms with E-state index in [0.717, 1.165) is 98.1 Å². The summed E-state index contributed by atoms with van der Waals surface area (Å²) in [6.45, 7) is 6.12. The van der Waals surface area contributed by atoms with Crippen LogP contribution in [0.2, 0.25) is 0 Å². The van der Waals surface area contributed by atoms with Gasteiger partial charge in [-0.1, -0.05) is 162 Å². The minimum Gasteiger partial charge on any atom is -0.489 e. The van der Waals surface area contributed by atoms with Crippen LogP contribution in [-0.4, -0.2) is 55.5 Å². The third kappa shape index (κ3) is 17.0. The molecule has 0 saturated carbocycles. The second-order valence-electron chi connectivity index (χ2n) is 17.4. The van der Waals surface area contributed by atoms with Crippen molar-refractivity contribution < 1.29 is 39.0 Å². The Morgan fingerprint density at radius 1 is 0.581 bits per heavy atom. The van der Waals surface area contributed by atoms with Crippen molar-refractivity contribution in [2.75, 3.05) is 6.54 Å². The van der Waals surface area contributed by atoms with Crippen molar-refractivity contribution in [2.45, 2.75) is 98.7 Å². The maximum atomic E-state index is 12.7. The van der Waals surface area contributed by atoms with Gasteiger partial charge in [0.05, 0.1) is 17.5 Å². The standard InChI is InChI=1S/C29H29NO2.C24H19NO3.C4H5NO3.C4H11N.CH4/c1-2-3-5-14-25(31)18-24-20-30-28-17-9-8-16-27(28)29(24)23-13-10-15-26(19-23)32-21-22-11-6-4-7-12-22;26-23(27)14-19-15-25-22-12-5-4-11-21(22)24(19)18-9-6-10-20(13-18)28-16-17-7-2-1-3-8-17;6-3-1-2-4(7)5(3)8;1-2-3-4-5;/h4,6-13,15-17,19-20H,2-3,5,14,18,21H2,1H3;1-13,15H,14,16H2,(H,26,27);8H,1-2H2;2-5H2,1H3;1H4. The number of carbonyl (C=O) groups excluding carboxylic acids is 3. The van der Waals surface area contributed by atoms with E-state index in [1.54, 1.807) is 6.20 Å². The number of nitrogens with zero attached hydrogens (tertiary/aromatic N) is 3. The summed E-state index contributed by atoms with van der Waals surface area (Å²) < 4.78 is 12.0. The minimum atomic E-state index is -0.880. The molecule has 8 aromatic rings. The molecule has 74 heavy (non-hydrogen) atoms. The molecule has 0 radical (unpaired) electrons. The lowest BCUT2D eigenvalue weighted by molar-refractivity contribution is -0.171. The van der Waals surface area contributed by atoms with Gasteiger partial charge in [-0.2, -0.15) is 5.06 Å². The first-order valence-corrected chi connectivity index (χ1v) is 24.8. The number of hydrogen-bond donors (Lipinski definition) is 3. The van der Waals surface area contributed by atoms with Crippen LogP contribution in [-0.2, 0) is 45.2 Å². The predicted octanol–water partition coefficient (Wildman–Crippen LogP) is 13.2. The number of benzene rings is 6. The summed E-state index contributed by atoms with van der Waals surface area (Å²) in [4.78, 5) is 53.6. The molecule has 1 aliphatic rings. The molecule has 6 aromatic carbocycles. The van der Waals surface area contributed by atoms with Crippen LogP contribution >= 0.6 is 0 Å². The molecular weight excluding hydrogens is 929 g/mol. The minimum absolute atomic E-state index is 0. The molecule has 3 heterocycles. The first-order valence-electron chi connectivity index (χ1n) is 24.8. The van der Waals surface area contributed by atoms with Gasteiger partial charge in [-0.15, -0.1) is 0 Å². The molecule has 9 rings (SSSR count). The smallest absolute Gasteiger partial charge is 0.307 e. The van der Waals surface area contributed by atoms with E-state index >= 15 is 0 Å². The fourth-order valence-corrected chi connectivity index (χ4v) is 8.08. The van der Waals surface area contributed by atoms with Gasteiger partial charge in [-0.25, -0.2) is 0 Å². The van der Waals surface area contributed by atoms with E-state index in [1.807, 2.05) is 134 Å². The van der Waals surface area contributed by atoms with Crippen molar-refractivity contribution in [2.24, 2.45) is 5.73 Å². The molecule has 0 unspecified atom stereocenters. The monoisotopic (exact) mass is 997 g/mol. The Hall–Kier alpha value is -8.06. The quantitative estimate of drug-likeness (QED) is 0.0422. The summed E-state index contributed by atoms with van der Waals surface area (Å²) in [5, 5.41) is 19.9. The van der Waals surface area contributed by atoms with E-state index in [-0.39, 0.29) is 37.5 Å². The van der Waals surface area contributed by atoms with Crippen LogP contribution in [0.15, 0.2) is 170 Å². The topological polar surface area (TPSA) is 182 Å². The van der Waals surface area contributed by atoms with Crippen LogP contribution in [0.4, 0.5) is 0 Å². The van der Waals surface area contributed by atoms with Crippen molar-refractivity contribution in [1.82, 2.24) is 15.0 Å². The first-order chi connectivity index (χ1) is 35.6. The number of para-hydroxylation sites is 2. The number of amides is 2. The van der Waals surface area contributed by atoms with Gasteiger partial charge in [0, 0.05) is 48.8 Å². The zero-order valence-electron chi connectivity index (χ0n) is 41.6. The SMILES string of the molecule is C.CCCCCC(=O)Cc1cnc2ccccc2c1-c1cccc(OCc2ccccc2)c1.CCCCN.O=C(O)Cc1cnc2ccccc2c1-c1cccc(OCc2ccccc2)c1.O=C1CCC(=O)N1O. The zero-order chi connectivity index (χ0) is 51.8. The summed E-state index contributed by atoms with van der Waals surface area (Å²) in [7, 11) is 0. The maximum Gasteiger partial charge on any atom is 0.307 e. The highest BCUT2D eigenvalue weighted by atomic mass is 16.5. The number of hydroxylamine groups is 2. The van der Waals surface area contributed by atoms with Gasteiger partial charge in [-0.05, 0) is 100 Å². The number of aliphatic carboxylic acids is 1. The zero-order valence-corrected chi connectivity index (χ0v) is 41.6. The van der Waals surface area contributed by atoms with Gasteiger partial charge in [0.1, 0.15) is 30.5 Å². The molecule has 0 atom stereocenters. The van der Waals surface area contributed by atoms with E-state index in [4.69, 9.17) is 20.4 Å². The Balaban J connectivity index is 0.000000219. The van der Waals surface area contributed by atoms with E-state index < -0.39 is 17.8 Å². The molecule has 2 amide bonds. The average Bonchev–Trinajstić information content (AvgIpc) is 3.71. The number of Topliss-reactive ketones (excluding diaryl/α,β-unsaturated/α-hetero) is 1. The Labute approximate surface area is 434 Å². The Kier molecular flexibility index (Phi) is 23.1. The van der Waals surface area contributed by atoms with Crippen molar-refractivity contribution >= 4 is 45.4 Å². The fraction of sp³-hybridized carbons (Fsp3) is 0.258. The second kappa shape index (κ2) is 30.1. The predicted molar refractivity (Wildman–Crippen MR) is 294 cm³/mol. The van der Waals surface area contributed by atoms with Gasteiger partial charge < -0.3 is 20.3 Å². The van der Waals surface area contributed by atoms with Crippen molar-refractivity contribution in [3.63, 3.8) is 0 Å². The number of carboxylic acid groups (broad SMARTS) is 1. The van der Waals surface area contributed by atoms with Crippen LogP contribution in [0.3, 0.4) is 0 Å². The van der Waals surface area contributed by atoms with Crippen molar-refractivity contribution in [3.05, 3.63) is 192 Å². The number of ether oxygens (including phenoxy) is 2. The fourth-order valence-electron chi connectivity index (χ4n) is 8.08. The normalized spacial score (nSPS) is 11.5. The molecule has 12 heteroatoms. The molecule has 0 aliphatic carbocycles. The van der Waals surface area contributed by atoms with E-state index in [1.165, 1.54) is 12.8 Å². The van der Waals surface area contributed by atoms with Crippen molar-refractivity contribution in [1.29, 1.82) is 0 Å².